The van der Waals surface area contributed by atoms with Crippen LogP contribution in [0.1, 0.15) is 25.3 Å². The van der Waals surface area contributed by atoms with Crippen LogP contribution < -0.4 is 14.8 Å². The molecule has 0 atom stereocenters. The van der Waals surface area contributed by atoms with E-state index in [2.05, 4.69) is 49.2 Å². The van der Waals surface area contributed by atoms with Gasteiger partial charge >= 0.3 is 0 Å². The van der Waals surface area contributed by atoms with E-state index in [1.54, 1.807) is 14.2 Å². The van der Waals surface area contributed by atoms with Gasteiger partial charge in [-0.2, -0.15) is 0 Å². The normalized spacial score (nSPS) is 16.6. The molecule has 1 aliphatic heterocycles. The molecular weight excluding hydrogens is 368 g/mol. The molecule has 0 spiro atoms. The van der Waals surface area contributed by atoms with Crippen molar-refractivity contribution in [3.63, 3.8) is 0 Å². The molecule has 1 aliphatic rings. The van der Waals surface area contributed by atoms with Gasteiger partial charge in [0.15, 0.2) is 17.5 Å². The summed E-state index contributed by atoms with van der Waals surface area (Å²) in [5.74, 6) is 2.46. The van der Waals surface area contributed by atoms with Crippen LogP contribution in [0.25, 0.3) is 0 Å². The Morgan fingerprint density at radius 3 is 2.41 bits per heavy atom. The summed E-state index contributed by atoms with van der Waals surface area (Å²) in [6, 6.07) is 6.08. The number of nitrogens with one attached hydrogen (secondary N) is 1. The number of guanidine groups is 1. The van der Waals surface area contributed by atoms with Crippen molar-refractivity contribution in [1.29, 1.82) is 0 Å². The van der Waals surface area contributed by atoms with Gasteiger partial charge in [-0.1, -0.05) is 6.07 Å². The minimum Gasteiger partial charge on any atom is -0.493 e. The second-order valence-corrected chi connectivity index (χ2v) is 7.76. The van der Waals surface area contributed by atoms with Crippen molar-refractivity contribution in [2.24, 2.45) is 4.99 Å². The minimum atomic E-state index is 0.0725. The maximum Gasteiger partial charge on any atom is 0.193 e. The maximum atomic E-state index is 5.58. The molecule has 0 saturated carbocycles. The van der Waals surface area contributed by atoms with Crippen LogP contribution in [-0.4, -0.2) is 89.5 Å². The fraction of sp³-hybridized carbons (Fsp3) is 0.682. The highest BCUT2D eigenvalue weighted by Gasteiger charge is 2.34. The molecule has 0 radical (unpaired) electrons. The predicted octanol–water partition coefficient (Wildman–Crippen LogP) is 2.25. The van der Waals surface area contributed by atoms with Crippen LogP contribution in [0, 0.1) is 0 Å². The molecule has 29 heavy (non-hydrogen) atoms. The number of hydrogen-bond acceptors (Lipinski definition) is 5. The van der Waals surface area contributed by atoms with Gasteiger partial charge in [-0.25, -0.2) is 0 Å². The minimum absolute atomic E-state index is 0.0725. The fourth-order valence-corrected chi connectivity index (χ4v) is 3.63. The van der Waals surface area contributed by atoms with E-state index in [0.717, 1.165) is 69.6 Å². The first-order valence-electron chi connectivity index (χ1n) is 10.4. The lowest BCUT2D eigenvalue weighted by molar-refractivity contribution is -0.00262. The molecule has 1 saturated heterocycles. The zero-order valence-corrected chi connectivity index (χ0v) is 19.0. The molecule has 1 aromatic rings. The van der Waals surface area contributed by atoms with E-state index in [1.165, 1.54) is 5.56 Å². The third kappa shape index (κ3) is 6.24. The Morgan fingerprint density at radius 1 is 1.14 bits per heavy atom. The number of nitrogens with zero attached hydrogens (tertiary/aromatic N) is 3. The summed E-state index contributed by atoms with van der Waals surface area (Å²) >= 11 is 0. The van der Waals surface area contributed by atoms with Crippen molar-refractivity contribution in [3.8, 4) is 11.5 Å². The Hall–Kier alpha value is -1.99. The largest absolute Gasteiger partial charge is 0.493 e. The van der Waals surface area contributed by atoms with E-state index >= 15 is 0 Å². The number of rotatable bonds is 9. The smallest absolute Gasteiger partial charge is 0.193 e. The molecule has 1 N–H and O–H groups in total. The van der Waals surface area contributed by atoms with Gasteiger partial charge < -0.3 is 29.3 Å². The zero-order valence-electron chi connectivity index (χ0n) is 19.0. The van der Waals surface area contributed by atoms with Gasteiger partial charge in [0.2, 0.25) is 0 Å². The number of hydrogen-bond donors (Lipinski definition) is 1. The SMILES string of the molecule is CCNC(=NCC1(N(C)C)CCOCC1)N(C)CCc1ccc(OC)c(OC)c1. The third-order valence-corrected chi connectivity index (χ3v) is 5.78. The molecule has 0 aliphatic carbocycles. The van der Waals surface area contributed by atoms with Gasteiger partial charge in [0, 0.05) is 38.9 Å². The number of aliphatic imine (C=N–C) groups is 1. The van der Waals surface area contributed by atoms with Crippen molar-refractivity contribution >= 4 is 5.96 Å². The van der Waals surface area contributed by atoms with Crippen LogP contribution >= 0.6 is 0 Å². The molecule has 0 unspecified atom stereocenters. The summed E-state index contributed by atoms with van der Waals surface area (Å²) in [7, 11) is 9.71. The third-order valence-electron chi connectivity index (χ3n) is 5.78. The second kappa shape index (κ2) is 11.3. The average molecular weight is 407 g/mol. The fourth-order valence-electron chi connectivity index (χ4n) is 3.63. The van der Waals surface area contributed by atoms with Crippen LogP contribution in [0.5, 0.6) is 11.5 Å². The summed E-state index contributed by atoms with van der Waals surface area (Å²) in [6.45, 7) is 6.19. The van der Waals surface area contributed by atoms with Gasteiger partial charge in [-0.3, -0.25) is 4.99 Å². The second-order valence-electron chi connectivity index (χ2n) is 7.76. The quantitative estimate of drug-likeness (QED) is 0.501. The highest BCUT2D eigenvalue weighted by molar-refractivity contribution is 5.79. The van der Waals surface area contributed by atoms with Crippen molar-refractivity contribution < 1.29 is 14.2 Å². The molecule has 0 aromatic heterocycles. The summed E-state index contributed by atoms with van der Waals surface area (Å²) in [5, 5.41) is 3.44. The Balaban J connectivity index is 2.04. The van der Waals surface area contributed by atoms with E-state index in [0.29, 0.717) is 0 Å². The van der Waals surface area contributed by atoms with Crippen molar-refractivity contribution in [2.75, 3.05) is 68.2 Å². The lowest BCUT2D eigenvalue weighted by Crippen LogP contribution is -2.52. The lowest BCUT2D eigenvalue weighted by atomic mass is 9.89. The summed E-state index contributed by atoms with van der Waals surface area (Å²) in [6.07, 6.45) is 2.92. The highest BCUT2D eigenvalue weighted by atomic mass is 16.5. The Labute approximate surface area is 176 Å². The van der Waals surface area contributed by atoms with Crippen molar-refractivity contribution in [1.82, 2.24) is 15.1 Å². The summed E-state index contributed by atoms with van der Waals surface area (Å²) < 4.78 is 16.3. The van der Waals surface area contributed by atoms with Gasteiger partial charge in [0.1, 0.15) is 0 Å². The molecule has 1 aromatic carbocycles. The number of benzene rings is 1. The molecule has 2 rings (SSSR count). The maximum absolute atomic E-state index is 5.58. The average Bonchev–Trinajstić information content (AvgIpc) is 2.75. The number of likely N-dealkylation sites (N-methyl/N-ethyl adjacent to an activating group) is 2. The molecule has 0 amide bonds. The Morgan fingerprint density at radius 2 is 1.83 bits per heavy atom. The summed E-state index contributed by atoms with van der Waals surface area (Å²) in [5.41, 5.74) is 1.28. The van der Waals surface area contributed by atoms with Crippen molar-refractivity contribution in [2.45, 2.75) is 31.7 Å². The molecule has 1 heterocycles. The van der Waals surface area contributed by atoms with Gasteiger partial charge in [0.05, 0.1) is 20.8 Å². The molecular formula is C22H38N4O3. The van der Waals surface area contributed by atoms with Gasteiger partial charge in [-0.15, -0.1) is 0 Å². The standard InChI is InChI=1S/C22H38N4O3/c1-7-23-21(24-17-22(25(2)3)11-14-29-15-12-22)26(4)13-10-18-8-9-19(27-5)20(16-18)28-6/h8-9,16H,7,10-15,17H2,1-6H3,(H,23,24). The molecule has 0 bridgehead atoms. The van der Waals surface area contributed by atoms with Gasteiger partial charge in [0.25, 0.3) is 0 Å². The summed E-state index contributed by atoms with van der Waals surface area (Å²) in [4.78, 5) is 9.50. The monoisotopic (exact) mass is 406 g/mol. The first kappa shape index (κ1) is 23.3. The highest BCUT2D eigenvalue weighted by Crippen LogP contribution is 2.28. The van der Waals surface area contributed by atoms with E-state index < -0.39 is 0 Å². The van der Waals surface area contributed by atoms with E-state index in [9.17, 15) is 0 Å². The molecule has 7 nitrogen and oxygen atoms in total. The number of methoxy groups -OCH3 is 2. The van der Waals surface area contributed by atoms with Crippen LogP contribution in [0.3, 0.4) is 0 Å². The van der Waals surface area contributed by atoms with Crippen LogP contribution in [0.15, 0.2) is 23.2 Å². The number of ether oxygens (including phenoxy) is 3. The van der Waals surface area contributed by atoms with Crippen LogP contribution in [-0.2, 0) is 11.2 Å². The van der Waals surface area contributed by atoms with E-state index in [4.69, 9.17) is 19.2 Å². The lowest BCUT2D eigenvalue weighted by Gasteiger charge is -2.42. The first-order valence-corrected chi connectivity index (χ1v) is 10.4. The molecule has 164 valence electrons. The zero-order chi connectivity index (χ0) is 21.3. The topological polar surface area (TPSA) is 58.6 Å². The predicted molar refractivity (Wildman–Crippen MR) is 118 cm³/mol. The molecule has 7 heteroatoms. The van der Waals surface area contributed by atoms with Gasteiger partial charge in [-0.05, 0) is 58.0 Å². The van der Waals surface area contributed by atoms with E-state index in [1.807, 2.05) is 12.1 Å². The Kier molecular flexibility index (Phi) is 9.04. The van der Waals surface area contributed by atoms with Crippen LogP contribution in [0.4, 0.5) is 0 Å². The molecule has 1 fully saturated rings. The Bertz CT molecular complexity index is 657. The first-order chi connectivity index (χ1) is 14.0. The van der Waals surface area contributed by atoms with Crippen molar-refractivity contribution in [3.05, 3.63) is 23.8 Å². The van der Waals surface area contributed by atoms with Crippen LogP contribution in [0.2, 0.25) is 0 Å². The van der Waals surface area contributed by atoms with E-state index in [-0.39, 0.29) is 5.54 Å².